The van der Waals surface area contributed by atoms with Crippen LogP contribution in [-0.2, 0) is 22.7 Å². The SMILES string of the molecule is COc1ccc(CN2C(=O)CCC3(CCCN(Cc4ccccc4)C3)C2=O)cc1. The number of carbonyl (C=O) groups is 2. The Morgan fingerprint density at radius 2 is 1.66 bits per heavy atom. The fourth-order valence-electron chi connectivity index (χ4n) is 4.64. The van der Waals surface area contributed by atoms with Crippen LogP contribution >= 0.6 is 0 Å². The zero-order valence-electron chi connectivity index (χ0n) is 17.0. The Balaban J connectivity index is 1.49. The zero-order valence-corrected chi connectivity index (χ0v) is 17.0. The number of nitrogens with zero attached hydrogens (tertiary/aromatic N) is 2. The van der Waals surface area contributed by atoms with Gasteiger partial charge >= 0.3 is 0 Å². The molecule has 1 atom stereocenters. The number of ether oxygens (including phenoxy) is 1. The molecule has 1 spiro atoms. The van der Waals surface area contributed by atoms with Gasteiger partial charge in [-0.15, -0.1) is 0 Å². The monoisotopic (exact) mass is 392 g/mol. The van der Waals surface area contributed by atoms with Crippen LogP contribution in [0.3, 0.4) is 0 Å². The summed E-state index contributed by atoms with van der Waals surface area (Å²) in [6.07, 6.45) is 2.96. The summed E-state index contributed by atoms with van der Waals surface area (Å²) in [6, 6.07) is 18.0. The molecule has 152 valence electrons. The van der Waals surface area contributed by atoms with Crippen molar-refractivity contribution < 1.29 is 14.3 Å². The highest BCUT2D eigenvalue weighted by Crippen LogP contribution is 2.40. The normalized spacial score (nSPS) is 22.9. The van der Waals surface area contributed by atoms with Gasteiger partial charge in [0, 0.05) is 19.5 Å². The molecule has 5 heteroatoms. The predicted molar refractivity (Wildman–Crippen MR) is 111 cm³/mol. The van der Waals surface area contributed by atoms with E-state index in [2.05, 4.69) is 29.2 Å². The Morgan fingerprint density at radius 1 is 0.931 bits per heavy atom. The van der Waals surface area contributed by atoms with Gasteiger partial charge in [-0.05, 0) is 49.1 Å². The highest BCUT2D eigenvalue weighted by atomic mass is 16.5. The Hall–Kier alpha value is -2.66. The molecule has 2 fully saturated rings. The molecule has 2 saturated heterocycles. The number of rotatable bonds is 5. The summed E-state index contributed by atoms with van der Waals surface area (Å²) in [6.45, 7) is 2.91. The van der Waals surface area contributed by atoms with Gasteiger partial charge in [-0.1, -0.05) is 42.5 Å². The molecule has 2 heterocycles. The number of hydrogen-bond donors (Lipinski definition) is 0. The molecule has 2 aliphatic heterocycles. The second kappa shape index (κ2) is 8.37. The van der Waals surface area contributed by atoms with Crippen LogP contribution in [0.2, 0.25) is 0 Å². The number of methoxy groups -OCH3 is 1. The molecule has 2 aromatic carbocycles. The Labute approximate surface area is 172 Å². The summed E-state index contributed by atoms with van der Waals surface area (Å²) >= 11 is 0. The van der Waals surface area contributed by atoms with Gasteiger partial charge in [0.1, 0.15) is 5.75 Å². The molecule has 2 amide bonds. The molecule has 0 saturated carbocycles. The lowest BCUT2D eigenvalue weighted by atomic mass is 9.72. The summed E-state index contributed by atoms with van der Waals surface area (Å²) in [4.78, 5) is 29.9. The van der Waals surface area contributed by atoms with Crippen molar-refractivity contribution in [3.63, 3.8) is 0 Å². The molecule has 5 nitrogen and oxygen atoms in total. The fraction of sp³-hybridized carbons (Fsp3) is 0.417. The van der Waals surface area contributed by atoms with E-state index >= 15 is 0 Å². The quantitative estimate of drug-likeness (QED) is 0.729. The molecule has 0 bridgehead atoms. The van der Waals surface area contributed by atoms with Crippen molar-refractivity contribution in [3.8, 4) is 5.75 Å². The molecule has 29 heavy (non-hydrogen) atoms. The number of benzene rings is 2. The highest BCUT2D eigenvalue weighted by Gasteiger charge is 2.48. The number of amides is 2. The number of piperidine rings is 2. The summed E-state index contributed by atoms with van der Waals surface area (Å²) in [5.74, 6) is 0.712. The highest BCUT2D eigenvalue weighted by molar-refractivity contribution is 6.00. The molecular weight excluding hydrogens is 364 g/mol. The van der Waals surface area contributed by atoms with E-state index < -0.39 is 5.41 Å². The first-order chi connectivity index (χ1) is 14.1. The first-order valence-electron chi connectivity index (χ1n) is 10.3. The lowest BCUT2D eigenvalue weighted by molar-refractivity contribution is -0.161. The van der Waals surface area contributed by atoms with Crippen molar-refractivity contribution in [1.82, 2.24) is 9.80 Å². The van der Waals surface area contributed by atoms with Gasteiger partial charge in [0.05, 0.1) is 19.1 Å². The standard InChI is InChI=1S/C24H28N2O3/c1-29-21-10-8-20(9-11-21)17-26-22(27)12-14-24(23(26)28)13-5-15-25(18-24)16-19-6-3-2-4-7-19/h2-4,6-11H,5,12-18H2,1H3. The largest absolute Gasteiger partial charge is 0.497 e. The average molecular weight is 392 g/mol. The van der Waals surface area contributed by atoms with E-state index in [9.17, 15) is 9.59 Å². The van der Waals surface area contributed by atoms with Crippen LogP contribution in [-0.4, -0.2) is 41.8 Å². The predicted octanol–water partition coefficient (Wildman–Crippen LogP) is 3.63. The maximum absolute atomic E-state index is 13.5. The first kappa shape index (κ1) is 19.6. The van der Waals surface area contributed by atoms with E-state index in [-0.39, 0.29) is 11.8 Å². The second-order valence-corrected chi connectivity index (χ2v) is 8.21. The molecule has 0 aromatic heterocycles. The topological polar surface area (TPSA) is 49.9 Å². The van der Waals surface area contributed by atoms with Crippen molar-refractivity contribution in [1.29, 1.82) is 0 Å². The Kier molecular flexibility index (Phi) is 5.67. The van der Waals surface area contributed by atoms with E-state index in [0.29, 0.717) is 19.4 Å². The van der Waals surface area contributed by atoms with E-state index in [1.54, 1.807) is 7.11 Å². The molecule has 2 aromatic rings. The third kappa shape index (κ3) is 4.20. The molecule has 1 unspecified atom stereocenters. The van der Waals surface area contributed by atoms with Gasteiger partial charge in [0.15, 0.2) is 0 Å². The minimum atomic E-state index is -0.437. The Bertz CT molecular complexity index is 865. The van der Waals surface area contributed by atoms with Gasteiger partial charge in [0.25, 0.3) is 0 Å². The van der Waals surface area contributed by atoms with Crippen molar-refractivity contribution in [2.75, 3.05) is 20.2 Å². The molecular formula is C24H28N2O3. The minimum Gasteiger partial charge on any atom is -0.497 e. The fourth-order valence-corrected chi connectivity index (χ4v) is 4.64. The van der Waals surface area contributed by atoms with Crippen LogP contribution in [0.5, 0.6) is 5.75 Å². The van der Waals surface area contributed by atoms with Gasteiger partial charge in [0.2, 0.25) is 11.8 Å². The molecule has 0 radical (unpaired) electrons. The average Bonchev–Trinajstić information content (AvgIpc) is 2.76. The lowest BCUT2D eigenvalue weighted by Gasteiger charge is -2.46. The third-order valence-electron chi connectivity index (χ3n) is 6.22. The number of likely N-dealkylation sites (tertiary alicyclic amines) is 2. The number of imide groups is 1. The van der Waals surface area contributed by atoms with E-state index in [4.69, 9.17) is 4.74 Å². The minimum absolute atomic E-state index is 0.00216. The zero-order chi connectivity index (χ0) is 20.3. The van der Waals surface area contributed by atoms with E-state index in [1.807, 2.05) is 30.3 Å². The van der Waals surface area contributed by atoms with Crippen molar-refractivity contribution in [3.05, 3.63) is 65.7 Å². The molecule has 4 rings (SSSR count). The summed E-state index contributed by atoms with van der Waals surface area (Å²) < 4.78 is 5.20. The van der Waals surface area contributed by atoms with E-state index in [0.717, 1.165) is 43.8 Å². The molecule has 0 aliphatic carbocycles. The maximum Gasteiger partial charge on any atom is 0.237 e. The molecule has 2 aliphatic rings. The van der Waals surface area contributed by atoms with Crippen molar-refractivity contribution >= 4 is 11.8 Å². The van der Waals surface area contributed by atoms with Crippen LogP contribution in [0.25, 0.3) is 0 Å². The second-order valence-electron chi connectivity index (χ2n) is 8.21. The van der Waals surface area contributed by atoms with E-state index in [1.165, 1.54) is 10.5 Å². The van der Waals surface area contributed by atoms with Gasteiger partial charge < -0.3 is 4.74 Å². The van der Waals surface area contributed by atoms with Crippen LogP contribution in [0.1, 0.15) is 36.8 Å². The third-order valence-corrected chi connectivity index (χ3v) is 6.22. The van der Waals surface area contributed by atoms with Crippen molar-refractivity contribution in [2.24, 2.45) is 5.41 Å². The Morgan fingerprint density at radius 3 is 2.38 bits per heavy atom. The van der Waals surface area contributed by atoms with Gasteiger partial charge in [-0.25, -0.2) is 0 Å². The summed E-state index contributed by atoms with van der Waals surface area (Å²) in [5, 5.41) is 0. The smallest absolute Gasteiger partial charge is 0.237 e. The number of hydrogen-bond acceptors (Lipinski definition) is 4. The maximum atomic E-state index is 13.5. The number of carbonyl (C=O) groups excluding carboxylic acids is 2. The molecule has 0 N–H and O–H groups in total. The lowest BCUT2D eigenvalue weighted by Crippen LogP contribution is -2.57. The van der Waals surface area contributed by atoms with Gasteiger partial charge in [-0.3, -0.25) is 19.4 Å². The van der Waals surface area contributed by atoms with Crippen LogP contribution in [0.15, 0.2) is 54.6 Å². The van der Waals surface area contributed by atoms with Crippen molar-refractivity contribution in [2.45, 2.75) is 38.8 Å². The van der Waals surface area contributed by atoms with Crippen LogP contribution in [0, 0.1) is 5.41 Å². The van der Waals surface area contributed by atoms with Gasteiger partial charge in [-0.2, -0.15) is 0 Å². The summed E-state index contributed by atoms with van der Waals surface area (Å²) in [7, 11) is 1.63. The van der Waals surface area contributed by atoms with Crippen LogP contribution < -0.4 is 4.74 Å². The first-order valence-corrected chi connectivity index (χ1v) is 10.3. The van der Waals surface area contributed by atoms with Crippen LogP contribution in [0.4, 0.5) is 0 Å². The summed E-state index contributed by atoms with van der Waals surface area (Å²) in [5.41, 5.74) is 1.77.